The van der Waals surface area contributed by atoms with Crippen LogP contribution in [-0.2, 0) is 13.1 Å². The van der Waals surface area contributed by atoms with Crippen molar-refractivity contribution in [2.75, 3.05) is 20.6 Å². The van der Waals surface area contributed by atoms with E-state index in [1.807, 2.05) is 0 Å². The van der Waals surface area contributed by atoms with Crippen LogP contribution in [0.2, 0.25) is 0 Å². The van der Waals surface area contributed by atoms with Crippen LogP contribution in [0.4, 0.5) is 0 Å². The smallest absolute Gasteiger partial charge is 0.191 e. The van der Waals surface area contributed by atoms with Crippen LogP contribution in [0.25, 0.3) is 0 Å². The van der Waals surface area contributed by atoms with E-state index in [2.05, 4.69) is 74.7 Å². The summed E-state index contributed by atoms with van der Waals surface area (Å²) in [5.41, 5.74) is 2.62. The van der Waals surface area contributed by atoms with Crippen molar-refractivity contribution in [1.82, 2.24) is 15.5 Å². The predicted molar refractivity (Wildman–Crippen MR) is 91.5 cm³/mol. The number of rotatable bonds is 7. The molecule has 0 saturated heterocycles. The highest BCUT2D eigenvalue weighted by atomic mass is 15.2. The average Bonchev–Trinajstić information content (AvgIpc) is 2.45. The molecule has 0 saturated carbocycles. The van der Waals surface area contributed by atoms with Gasteiger partial charge in [-0.2, -0.15) is 0 Å². The summed E-state index contributed by atoms with van der Waals surface area (Å²) in [5, 5.41) is 6.73. The molecular formula is C17H30N4. The van der Waals surface area contributed by atoms with Gasteiger partial charge in [-0.3, -0.25) is 0 Å². The van der Waals surface area contributed by atoms with Crippen LogP contribution in [0.15, 0.2) is 29.3 Å². The van der Waals surface area contributed by atoms with Gasteiger partial charge in [0.25, 0.3) is 0 Å². The lowest BCUT2D eigenvalue weighted by Gasteiger charge is -2.17. The molecule has 118 valence electrons. The van der Waals surface area contributed by atoms with Crippen molar-refractivity contribution in [3.05, 3.63) is 35.4 Å². The topological polar surface area (TPSA) is 39.7 Å². The fourth-order valence-electron chi connectivity index (χ4n) is 2.03. The van der Waals surface area contributed by atoms with Gasteiger partial charge >= 0.3 is 0 Å². The molecule has 1 rings (SSSR count). The Morgan fingerprint density at radius 1 is 1.19 bits per heavy atom. The van der Waals surface area contributed by atoms with Crippen LogP contribution in [0.3, 0.4) is 0 Å². The number of guanidine groups is 1. The molecule has 0 aliphatic heterocycles. The van der Waals surface area contributed by atoms with Crippen molar-refractivity contribution in [3.63, 3.8) is 0 Å². The Bertz CT molecular complexity index is 440. The Morgan fingerprint density at radius 3 is 2.43 bits per heavy atom. The van der Waals surface area contributed by atoms with Crippen LogP contribution < -0.4 is 10.6 Å². The second-order valence-electron chi connectivity index (χ2n) is 5.66. The van der Waals surface area contributed by atoms with E-state index >= 15 is 0 Å². The molecule has 0 radical (unpaired) electrons. The minimum atomic E-state index is 0.430. The van der Waals surface area contributed by atoms with E-state index in [4.69, 9.17) is 4.99 Å². The van der Waals surface area contributed by atoms with E-state index in [9.17, 15) is 0 Å². The van der Waals surface area contributed by atoms with E-state index in [1.165, 1.54) is 11.1 Å². The van der Waals surface area contributed by atoms with E-state index in [0.29, 0.717) is 12.6 Å². The molecule has 4 heteroatoms. The molecular weight excluding hydrogens is 260 g/mol. The van der Waals surface area contributed by atoms with Crippen molar-refractivity contribution in [2.24, 2.45) is 4.99 Å². The SMILES string of the molecule is CCNC(=NCc1ccccc1CN(C)C)NC(C)CC. The Labute approximate surface area is 129 Å². The van der Waals surface area contributed by atoms with Gasteiger partial charge in [-0.25, -0.2) is 4.99 Å². The molecule has 4 nitrogen and oxygen atoms in total. The van der Waals surface area contributed by atoms with Crippen molar-refractivity contribution in [2.45, 2.75) is 46.3 Å². The van der Waals surface area contributed by atoms with Gasteiger partial charge in [0.2, 0.25) is 0 Å². The van der Waals surface area contributed by atoms with Crippen LogP contribution in [0.1, 0.15) is 38.3 Å². The Morgan fingerprint density at radius 2 is 1.86 bits per heavy atom. The van der Waals surface area contributed by atoms with Gasteiger partial charge < -0.3 is 15.5 Å². The molecule has 2 N–H and O–H groups in total. The maximum absolute atomic E-state index is 4.72. The highest BCUT2D eigenvalue weighted by molar-refractivity contribution is 5.80. The maximum Gasteiger partial charge on any atom is 0.191 e. The maximum atomic E-state index is 4.72. The summed E-state index contributed by atoms with van der Waals surface area (Å²) in [6.07, 6.45) is 1.08. The number of hydrogen-bond acceptors (Lipinski definition) is 2. The molecule has 0 heterocycles. The molecule has 21 heavy (non-hydrogen) atoms. The zero-order valence-corrected chi connectivity index (χ0v) is 14.1. The lowest BCUT2D eigenvalue weighted by atomic mass is 10.1. The number of benzene rings is 1. The van der Waals surface area contributed by atoms with Gasteiger partial charge in [-0.15, -0.1) is 0 Å². The van der Waals surface area contributed by atoms with Crippen LogP contribution in [0.5, 0.6) is 0 Å². The summed E-state index contributed by atoms with van der Waals surface area (Å²) in [7, 11) is 4.18. The number of hydrogen-bond donors (Lipinski definition) is 2. The minimum Gasteiger partial charge on any atom is -0.357 e. The number of aliphatic imine (C=N–C) groups is 1. The van der Waals surface area contributed by atoms with Gasteiger partial charge in [0.1, 0.15) is 0 Å². The molecule has 0 aliphatic carbocycles. The van der Waals surface area contributed by atoms with Gasteiger partial charge in [-0.1, -0.05) is 31.2 Å². The summed E-state index contributed by atoms with van der Waals surface area (Å²) in [6.45, 7) is 8.96. The van der Waals surface area contributed by atoms with Crippen molar-refractivity contribution >= 4 is 5.96 Å². The number of nitrogens with one attached hydrogen (secondary N) is 2. The summed E-state index contributed by atoms with van der Waals surface area (Å²) in [4.78, 5) is 6.90. The summed E-state index contributed by atoms with van der Waals surface area (Å²) < 4.78 is 0. The first-order valence-corrected chi connectivity index (χ1v) is 7.83. The summed E-state index contributed by atoms with van der Waals surface area (Å²) >= 11 is 0. The Hall–Kier alpha value is -1.55. The highest BCUT2D eigenvalue weighted by Crippen LogP contribution is 2.11. The Kier molecular flexibility index (Phi) is 7.83. The first-order chi connectivity index (χ1) is 10.1. The fraction of sp³-hybridized carbons (Fsp3) is 0.588. The van der Waals surface area contributed by atoms with Crippen molar-refractivity contribution in [1.29, 1.82) is 0 Å². The minimum absolute atomic E-state index is 0.430. The second-order valence-corrected chi connectivity index (χ2v) is 5.66. The van der Waals surface area contributed by atoms with E-state index in [1.54, 1.807) is 0 Å². The van der Waals surface area contributed by atoms with E-state index in [0.717, 1.165) is 25.5 Å². The van der Waals surface area contributed by atoms with Gasteiger partial charge in [0.05, 0.1) is 6.54 Å². The van der Waals surface area contributed by atoms with Crippen LogP contribution >= 0.6 is 0 Å². The van der Waals surface area contributed by atoms with E-state index in [-0.39, 0.29) is 0 Å². The average molecular weight is 290 g/mol. The quantitative estimate of drug-likeness (QED) is 0.599. The van der Waals surface area contributed by atoms with Gasteiger partial charge in [-0.05, 0) is 45.5 Å². The predicted octanol–water partition coefficient (Wildman–Crippen LogP) is 2.60. The van der Waals surface area contributed by atoms with Crippen molar-refractivity contribution < 1.29 is 0 Å². The third-order valence-electron chi connectivity index (χ3n) is 3.35. The van der Waals surface area contributed by atoms with E-state index < -0.39 is 0 Å². The molecule has 1 unspecified atom stereocenters. The molecule has 0 aliphatic rings. The second kappa shape index (κ2) is 9.40. The lowest BCUT2D eigenvalue weighted by molar-refractivity contribution is 0.401. The zero-order valence-electron chi connectivity index (χ0n) is 14.1. The monoisotopic (exact) mass is 290 g/mol. The molecule has 0 aromatic heterocycles. The first kappa shape index (κ1) is 17.5. The zero-order chi connectivity index (χ0) is 15.7. The highest BCUT2D eigenvalue weighted by Gasteiger charge is 2.05. The summed E-state index contributed by atoms with van der Waals surface area (Å²) in [6, 6.07) is 8.95. The first-order valence-electron chi connectivity index (χ1n) is 7.83. The molecule has 1 atom stereocenters. The molecule has 0 fully saturated rings. The normalized spacial score (nSPS) is 13.3. The standard InChI is InChI=1S/C17H30N4/c1-6-14(3)20-17(18-7-2)19-12-15-10-8-9-11-16(15)13-21(4)5/h8-11,14H,6-7,12-13H2,1-5H3,(H2,18,19,20). The van der Waals surface area contributed by atoms with Gasteiger partial charge in [0, 0.05) is 19.1 Å². The molecule has 1 aromatic carbocycles. The molecule has 0 amide bonds. The van der Waals surface area contributed by atoms with Crippen molar-refractivity contribution in [3.8, 4) is 0 Å². The largest absolute Gasteiger partial charge is 0.357 e. The lowest BCUT2D eigenvalue weighted by Crippen LogP contribution is -2.41. The molecule has 0 spiro atoms. The summed E-state index contributed by atoms with van der Waals surface area (Å²) in [5.74, 6) is 0.895. The Balaban J connectivity index is 2.79. The van der Waals surface area contributed by atoms with Crippen LogP contribution in [-0.4, -0.2) is 37.5 Å². The van der Waals surface area contributed by atoms with Crippen LogP contribution in [0, 0.1) is 0 Å². The third-order valence-corrected chi connectivity index (χ3v) is 3.35. The third kappa shape index (κ3) is 6.63. The number of nitrogens with zero attached hydrogens (tertiary/aromatic N) is 2. The molecule has 0 bridgehead atoms. The van der Waals surface area contributed by atoms with Gasteiger partial charge in [0.15, 0.2) is 5.96 Å². The molecule has 1 aromatic rings. The fourth-order valence-corrected chi connectivity index (χ4v) is 2.03.